The van der Waals surface area contributed by atoms with Crippen LogP contribution in [0.3, 0.4) is 0 Å². The number of rotatable bonds is 6. The molecule has 156 valence electrons. The second kappa shape index (κ2) is 8.27. The van der Waals surface area contributed by atoms with Gasteiger partial charge in [-0.25, -0.2) is 14.7 Å². The van der Waals surface area contributed by atoms with Crippen LogP contribution in [0.2, 0.25) is 5.02 Å². The lowest BCUT2D eigenvalue weighted by molar-refractivity contribution is 0.178. The molecule has 2 aromatic heterocycles. The van der Waals surface area contributed by atoms with E-state index < -0.39 is 6.09 Å². The molecular weight excluding hydrogens is 406 g/mol. The van der Waals surface area contributed by atoms with Gasteiger partial charge in [-0.2, -0.15) is 15.0 Å². The van der Waals surface area contributed by atoms with E-state index in [4.69, 9.17) is 16.3 Å². The number of hydrogen-bond donors (Lipinski definition) is 1. The number of aromatic nitrogens is 5. The number of carbonyl (C=O) groups excluding carboxylic acids is 1. The molecule has 0 unspecified atom stereocenters. The molecule has 1 amide bonds. The van der Waals surface area contributed by atoms with Gasteiger partial charge in [0.2, 0.25) is 11.9 Å². The first-order chi connectivity index (χ1) is 14.4. The Morgan fingerprint density at radius 1 is 1.33 bits per heavy atom. The third kappa shape index (κ3) is 4.06. The number of halogens is 1. The minimum absolute atomic E-state index is 0.0852. The summed E-state index contributed by atoms with van der Waals surface area (Å²) in [5, 5.41) is 3.90. The lowest BCUT2D eigenvalue weighted by atomic mass is 10.2. The van der Waals surface area contributed by atoms with E-state index in [9.17, 15) is 4.79 Å². The topological polar surface area (TPSA) is 98.1 Å². The third-order valence-electron chi connectivity index (χ3n) is 4.88. The Balaban J connectivity index is 1.55. The van der Waals surface area contributed by atoms with E-state index >= 15 is 0 Å². The zero-order chi connectivity index (χ0) is 21.3. The number of aryl methyl sites for hydroxylation is 1. The molecule has 1 aliphatic heterocycles. The summed E-state index contributed by atoms with van der Waals surface area (Å²) in [6.45, 7) is 6.05. The molecule has 1 N–H and O–H groups in total. The molecule has 4 rings (SSSR count). The molecule has 0 spiro atoms. The van der Waals surface area contributed by atoms with Gasteiger partial charge in [0, 0.05) is 16.9 Å². The SMILES string of the molecule is CC[C@H]1COC(=O)N1c1nc(C)nc(N[C@@H](C)c2cn(-c3cccc(Cl)c3)cn2)n1. The number of ether oxygens (including phenoxy) is 1. The first kappa shape index (κ1) is 20.1. The molecule has 1 fully saturated rings. The first-order valence-corrected chi connectivity index (χ1v) is 10.1. The standard InChI is InChI=1S/C20H22ClN7O2/c1-4-15-10-30-20(29)28(15)19-25-13(3)24-18(26-19)23-12(2)17-9-27(11-22-17)16-7-5-6-14(21)8-16/h5-9,11-12,15H,4,10H2,1-3H3,(H,23,24,25,26)/t12-,15-/m0/s1. The fourth-order valence-electron chi connectivity index (χ4n) is 3.25. The van der Waals surface area contributed by atoms with Gasteiger partial charge in [-0.1, -0.05) is 24.6 Å². The van der Waals surface area contributed by atoms with E-state index in [1.807, 2.05) is 48.9 Å². The zero-order valence-corrected chi connectivity index (χ0v) is 17.7. The minimum atomic E-state index is -0.438. The summed E-state index contributed by atoms with van der Waals surface area (Å²) in [6, 6.07) is 7.28. The number of imidazole rings is 1. The second-order valence-corrected chi connectivity index (χ2v) is 7.50. The summed E-state index contributed by atoms with van der Waals surface area (Å²) in [5.74, 6) is 1.17. The molecule has 1 aromatic carbocycles. The Kier molecular flexibility index (Phi) is 5.54. The van der Waals surface area contributed by atoms with Gasteiger partial charge in [-0.15, -0.1) is 0 Å². The van der Waals surface area contributed by atoms with Gasteiger partial charge in [0.15, 0.2) is 0 Å². The Bertz CT molecular complexity index is 1070. The minimum Gasteiger partial charge on any atom is -0.447 e. The van der Waals surface area contributed by atoms with E-state index in [0.29, 0.717) is 23.4 Å². The highest BCUT2D eigenvalue weighted by atomic mass is 35.5. The summed E-state index contributed by atoms with van der Waals surface area (Å²) in [4.78, 5) is 31.2. The van der Waals surface area contributed by atoms with Crippen molar-refractivity contribution in [3.8, 4) is 5.69 Å². The van der Waals surface area contributed by atoms with Crippen molar-refractivity contribution in [2.24, 2.45) is 0 Å². The van der Waals surface area contributed by atoms with Crippen molar-refractivity contribution in [2.75, 3.05) is 16.8 Å². The van der Waals surface area contributed by atoms with E-state index in [1.165, 1.54) is 4.90 Å². The number of anilines is 2. The normalized spacial score (nSPS) is 17.1. The third-order valence-corrected chi connectivity index (χ3v) is 5.12. The van der Waals surface area contributed by atoms with E-state index in [2.05, 4.69) is 25.3 Å². The number of benzene rings is 1. The molecule has 30 heavy (non-hydrogen) atoms. The maximum absolute atomic E-state index is 12.1. The Morgan fingerprint density at radius 3 is 2.93 bits per heavy atom. The molecule has 2 atom stereocenters. The lowest BCUT2D eigenvalue weighted by Crippen LogP contribution is -2.34. The monoisotopic (exact) mass is 427 g/mol. The average molecular weight is 428 g/mol. The Labute approximate surface area is 179 Å². The van der Waals surface area contributed by atoms with Crippen molar-refractivity contribution in [1.29, 1.82) is 0 Å². The molecule has 0 radical (unpaired) electrons. The number of hydrogen-bond acceptors (Lipinski definition) is 7. The van der Waals surface area contributed by atoms with Gasteiger partial charge in [-0.05, 0) is 38.5 Å². The lowest BCUT2D eigenvalue weighted by Gasteiger charge is -2.19. The predicted octanol–water partition coefficient (Wildman–Crippen LogP) is 3.93. The summed E-state index contributed by atoms with van der Waals surface area (Å²) in [5.41, 5.74) is 1.73. The van der Waals surface area contributed by atoms with Crippen LogP contribution in [0.4, 0.5) is 16.7 Å². The van der Waals surface area contributed by atoms with Crippen molar-refractivity contribution >= 4 is 29.6 Å². The van der Waals surface area contributed by atoms with E-state index in [-0.39, 0.29) is 18.0 Å². The van der Waals surface area contributed by atoms with Gasteiger partial charge >= 0.3 is 6.09 Å². The summed E-state index contributed by atoms with van der Waals surface area (Å²) in [7, 11) is 0. The van der Waals surface area contributed by atoms with Crippen molar-refractivity contribution in [3.63, 3.8) is 0 Å². The fraction of sp³-hybridized carbons (Fsp3) is 0.350. The van der Waals surface area contributed by atoms with Crippen molar-refractivity contribution < 1.29 is 9.53 Å². The van der Waals surface area contributed by atoms with Crippen LogP contribution in [0.25, 0.3) is 5.69 Å². The quantitative estimate of drug-likeness (QED) is 0.636. The van der Waals surface area contributed by atoms with Gasteiger partial charge in [-0.3, -0.25) is 0 Å². The van der Waals surface area contributed by atoms with Gasteiger partial charge in [0.05, 0.1) is 24.1 Å². The summed E-state index contributed by atoms with van der Waals surface area (Å²) in [6.07, 6.45) is 3.96. The molecule has 1 aliphatic rings. The van der Waals surface area contributed by atoms with Crippen molar-refractivity contribution in [1.82, 2.24) is 24.5 Å². The molecule has 10 heteroatoms. The van der Waals surface area contributed by atoms with Crippen molar-refractivity contribution in [3.05, 3.63) is 53.3 Å². The Hall–Kier alpha value is -3.20. The van der Waals surface area contributed by atoms with E-state index in [1.54, 1.807) is 13.3 Å². The van der Waals surface area contributed by atoms with Crippen molar-refractivity contribution in [2.45, 2.75) is 39.3 Å². The molecule has 1 saturated heterocycles. The summed E-state index contributed by atoms with van der Waals surface area (Å²) < 4.78 is 7.05. The molecule has 9 nitrogen and oxygen atoms in total. The summed E-state index contributed by atoms with van der Waals surface area (Å²) >= 11 is 6.08. The van der Waals surface area contributed by atoms with Crippen LogP contribution >= 0.6 is 11.6 Å². The van der Waals surface area contributed by atoms with Gasteiger partial charge < -0.3 is 14.6 Å². The van der Waals surface area contributed by atoms with Crippen LogP contribution in [0.1, 0.15) is 37.8 Å². The smallest absolute Gasteiger partial charge is 0.417 e. The molecule has 0 bridgehead atoms. The number of nitrogens with one attached hydrogen (secondary N) is 1. The number of amides is 1. The molecular formula is C20H22ClN7O2. The highest BCUT2D eigenvalue weighted by molar-refractivity contribution is 6.30. The molecule has 3 heterocycles. The van der Waals surface area contributed by atoms with Crippen LogP contribution in [0, 0.1) is 6.92 Å². The number of nitrogens with zero attached hydrogens (tertiary/aromatic N) is 6. The largest absolute Gasteiger partial charge is 0.447 e. The number of carbonyl (C=O) groups is 1. The second-order valence-electron chi connectivity index (χ2n) is 7.07. The van der Waals surface area contributed by atoms with Gasteiger partial charge in [0.25, 0.3) is 0 Å². The molecule has 3 aromatic rings. The first-order valence-electron chi connectivity index (χ1n) is 9.69. The van der Waals surface area contributed by atoms with Gasteiger partial charge in [0.1, 0.15) is 12.4 Å². The molecule has 0 aliphatic carbocycles. The van der Waals surface area contributed by atoms with Crippen LogP contribution in [-0.2, 0) is 4.74 Å². The zero-order valence-electron chi connectivity index (χ0n) is 16.9. The van der Waals surface area contributed by atoms with Crippen LogP contribution in [-0.4, -0.2) is 43.2 Å². The number of cyclic esters (lactones) is 1. The highest BCUT2D eigenvalue weighted by Gasteiger charge is 2.35. The predicted molar refractivity (Wildman–Crippen MR) is 113 cm³/mol. The fourth-order valence-corrected chi connectivity index (χ4v) is 3.44. The Morgan fingerprint density at radius 2 is 2.17 bits per heavy atom. The average Bonchev–Trinajstić information content (AvgIpc) is 3.34. The van der Waals surface area contributed by atoms with Crippen LogP contribution in [0.5, 0.6) is 0 Å². The highest BCUT2D eigenvalue weighted by Crippen LogP contribution is 2.24. The molecule has 0 saturated carbocycles. The maximum atomic E-state index is 12.1. The van der Waals surface area contributed by atoms with Crippen LogP contribution in [0.15, 0.2) is 36.8 Å². The maximum Gasteiger partial charge on any atom is 0.417 e. The van der Waals surface area contributed by atoms with Crippen LogP contribution < -0.4 is 10.2 Å². The van der Waals surface area contributed by atoms with E-state index in [0.717, 1.165) is 17.8 Å².